The van der Waals surface area contributed by atoms with Gasteiger partial charge in [0.1, 0.15) is 46.8 Å². The van der Waals surface area contributed by atoms with Crippen molar-refractivity contribution >= 4 is 77.5 Å². The van der Waals surface area contributed by atoms with Gasteiger partial charge in [-0.15, -0.1) is 5.10 Å². The molecule has 1 fully saturated rings. The van der Waals surface area contributed by atoms with E-state index < -0.39 is 71.1 Å². The van der Waals surface area contributed by atoms with E-state index in [1.54, 1.807) is 90.4 Å². The van der Waals surface area contributed by atoms with E-state index in [9.17, 15) is 65.9 Å². The molecule has 7 aromatic carbocycles. The lowest BCUT2D eigenvalue weighted by Gasteiger charge is -2.35. The monoisotopic (exact) mass is 1620 g/mol. The van der Waals surface area contributed by atoms with E-state index >= 15 is 0 Å². The fourth-order valence-corrected chi connectivity index (χ4v) is 18.2. The van der Waals surface area contributed by atoms with Crippen LogP contribution in [0.5, 0.6) is 5.75 Å². The molecule has 3 atom stereocenters. The lowest BCUT2D eigenvalue weighted by molar-refractivity contribution is -0.384. The number of nitro groups is 1. The predicted octanol–water partition coefficient (Wildman–Crippen LogP) is 10.4. The van der Waals surface area contributed by atoms with Gasteiger partial charge < -0.3 is 45.3 Å². The first-order chi connectivity index (χ1) is 55.8. The maximum absolute atomic E-state index is 14.9. The van der Waals surface area contributed by atoms with Gasteiger partial charge in [-0.05, 0) is 130 Å². The number of amides is 5. The number of unbranched alkanes of at least 4 members (excludes halogenated alkanes) is 2. The summed E-state index contributed by atoms with van der Waals surface area (Å²) in [6.07, 6.45) is 1.32. The highest BCUT2D eigenvalue weighted by molar-refractivity contribution is 7.93. The Morgan fingerprint density at radius 1 is 0.647 bits per heavy atom. The minimum Gasteiger partial charge on any atom is -0.508 e. The number of piperazine rings is 1. The minimum absolute atomic E-state index is 0.00469. The highest BCUT2D eigenvalue weighted by atomic mass is 32.2. The second-order valence-electron chi connectivity index (χ2n) is 29.1. The number of nitrogens with zero attached hydrogens (tertiary/aromatic N) is 9. The molecule has 0 saturated carbocycles. The van der Waals surface area contributed by atoms with Gasteiger partial charge in [0.25, 0.3) is 11.6 Å². The average molecular weight is 1620 g/mol. The van der Waals surface area contributed by atoms with E-state index in [1.165, 1.54) is 35.1 Å². The Bertz CT molecular complexity index is 5430. The summed E-state index contributed by atoms with van der Waals surface area (Å²) in [5, 5.41) is 53.1. The van der Waals surface area contributed by atoms with Gasteiger partial charge in [-0.3, -0.25) is 38.9 Å². The van der Waals surface area contributed by atoms with Gasteiger partial charge in [0.2, 0.25) is 48.8 Å². The number of aromatic hydroxyl groups is 1. The Balaban J connectivity index is 0.691. The number of phenols is 1. The second kappa shape index (κ2) is 39.0. The Morgan fingerprint density at radius 2 is 1.29 bits per heavy atom. The number of non-ortho nitro benzene ring substituents is 1. The van der Waals surface area contributed by atoms with E-state index in [0.717, 1.165) is 100 Å². The smallest absolute Gasteiger partial charge is 0.269 e. The molecule has 8 aromatic rings. The number of carbonyl (C=O) groups is 6. The third kappa shape index (κ3) is 20.8. The van der Waals surface area contributed by atoms with Gasteiger partial charge in [0.05, 0.1) is 45.7 Å². The highest BCUT2D eigenvalue weighted by Crippen LogP contribution is 2.43. The van der Waals surface area contributed by atoms with Crippen molar-refractivity contribution in [2.24, 2.45) is 5.92 Å². The lowest BCUT2D eigenvalue weighted by atomic mass is 9.90. The molecule has 116 heavy (non-hydrogen) atoms. The third-order valence-corrected chi connectivity index (χ3v) is 24.7. The zero-order valence-electron chi connectivity index (χ0n) is 66.0. The van der Waals surface area contributed by atoms with Crippen molar-refractivity contribution in [3.8, 4) is 28.2 Å². The van der Waals surface area contributed by atoms with Crippen LogP contribution in [0.15, 0.2) is 213 Å². The lowest BCUT2D eigenvalue weighted by Crippen LogP contribution is -2.50. The third-order valence-electron chi connectivity index (χ3n) is 20.8. The number of ketones is 1. The number of sulfone groups is 1. The molecule has 1 aliphatic carbocycles. The topological polar surface area (TPSA) is 350 Å². The molecular formula is C87H99N12O15S2+. The second-order valence-corrected chi connectivity index (χ2v) is 32.9. The number of phenolic OH excluding ortho intramolecular Hbond substituents is 1. The molecule has 5 N–H and O–H groups in total. The quantitative estimate of drug-likeness (QED) is 0.00603. The number of carbonyl (C=O) groups excluding carboxylic acids is 6. The molecule has 0 bridgehead atoms. The van der Waals surface area contributed by atoms with Gasteiger partial charge >= 0.3 is 0 Å². The number of hydrogen-bond donors (Lipinski definition) is 5. The van der Waals surface area contributed by atoms with Crippen molar-refractivity contribution in [1.29, 1.82) is 0 Å². The largest absolute Gasteiger partial charge is 0.508 e. The van der Waals surface area contributed by atoms with Crippen molar-refractivity contribution in [3.63, 3.8) is 0 Å². The van der Waals surface area contributed by atoms with Crippen LogP contribution in [0.4, 0.5) is 11.4 Å². The molecule has 27 nitrogen and oxygen atoms in total. The van der Waals surface area contributed by atoms with Crippen LogP contribution in [0.1, 0.15) is 129 Å². The normalized spacial score (nSPS) is 13.3. The predicted molar refractivity (Wildman–Crippen MR) is 441 cm³/mol. The number of rotatable bonds is 37. The molecule has 0 radical (unpaired) electrons. The molecule has 3 aliphatic rings. The Hall–Kier alpha value is -11.8. The molecule has 608 valence electrons. The molecule has 11 rings (SSSR count). The number of sulfonamides is 1. The van der Waals surface area contributed by atoms with Gasteiger partial charge in [-0.25, -0.2) is 26.1 Å². The standard InChI is InChI=1S/C87H98N12O15S2/c1-7-93(8-2)66-36-42-72-77(53-66)114-78-54-67(94(9-3)10-4)37-43-73(78)84(72)70-23-16-17-24-71(70)87(107)96-49-47-95(48-50-96)83(104)45-44-81(102)88-46-20-12-15-27-82(103)90-74(51-60-28-32-63(33-29-60)85(105)62-21-13-11-14-22-62)86(106)89-55-64-57-98(92-91-64)75(52-61-30-38-68(100)39-31-61)76(101)58-97(56-59(5)6)116(112,113)80-26-19-18-25-79(80)115(110,111)69-40-34-65(35-41-69)99(108)109/h11,13-14,16-19,21-26,28-43,53-54,57,59,74-76,101H,7-10,12,15,20,27,44-52,55-56,58H2,1-6H3,(H3-,88,89,90,100,102,103,106)/p+1/t74-,75-,76?/m0/s1. The Labute approximate surface area is 675 Å². The van der Waals surface area contributed by atoms with Crippen LogP contribution in [-0.2, 0) is 58.4 Å². The van der Waals surface area contributed by atoms with Crippen molar-refractivity contribution in [2.45, 2.75) is 132 Å². The molecule has 2 aliphatic heterocycles. The number of aliphatic hydroxyl groups is 1. The average Bonchev–Trinajstić information content (AvgIpc) is 0.769. The van der Waals surface area contributed by atoms with Crippen LogP contribution in [0, 0.1) is 16.0 Å². The summed E-state index contributed by atoms with van der Waals surface area (Å²) in [5.74, 6) is -1.55. The summed E-state index contributed by atoms with van der Waals surface area (Å²) < 4.78 is 69.4. The van der Waals surface area contributed by atoms with E-state index in [4.69, 9.17) is 4.42 Å². The first-order valence-electron chi connectivity index (χ1n) is 39.3. The van der Waals surface area contributed by atoms with Crippen LogP contribution in [-0.4, -0.2) is 181 Å². The number of hydrogen-bond acceptors (Lipinski definition) is 18. The van der Waals surface area contributed by atoms with E-state index in [1.807, 2.05) is 24.3 Å². The van der Waals surface area contributed by atoms with Crippen LogP contribution in [0.2, 0.25) is 0 Å². The van der Waals surface area contributed by atoms with E-state index in [0.29, 0.717) is 91.1 Å². The van der Waals surface area contributed by atoms with Crippen molar-refractivity contribution < 1.29 is 65.2 Å². The summed E-state index contributed by atoms with van der Waals surface area (Å²) in [6, 6.07) is 48.5. The summed E-state index contributed by atoms with van der Waals surface area (Å²) in [7, 11) is -9.35. The number of aliphatic hydroxyl groups excluding tert-OH is 1. The van der Waals surface area contributed by atoms with E-state index in [2.05, 4.69) is 99.8 Å². The molecule has 3 heterocycles. The van der Waals surface area contributed by atoms with Crippen LogP contribution in [0.25, 0.3) is 33.4 Å². The molecule has 5 amide bonds. The number of aromatic nitrogens is 3. The zero-order chi connectivity index (χ0) is 82.8. The van der Waals surface area contributed by atoms with Gasteiger partial charge in [0, 0.05) is 148 Å². The number of benzene rings is 8. The number of nitro benzene ring substituents is 1. The van der Waals surface area contributed by atoms with Crippen molar-refractivity contribution in [2.75, 3.05) is 76.9 Å². The van der Waals surface area contributed by atoms with Crippen LogP contribution >= 0.6 is 0 Å². The van der Waals surface area contributed by atoms with Crippen LogP contribution < -0.4 is 30.8 Å². The molecule has 1 saturated heterocycles. The number of fused-ring (bicyclic) bond motifs is 2. The van der Waals surface area contributed by atoms with Crippen molar-refractivity contribution in [3.05, 3.63) is 243 Å². The molecular weight excluding hydrogens is 1520 g/mol. The maximum atomic E-state index is 14.9. The first kappa shape index (κ1) is 85.1. The van der Waals surface area contributed by atoms with E-state index in [-0.39, 0.29) is 96.6 Å². The number of nitrogens with one attached hydrogen (secondary N) is 3. The van der Waals surface area contributed by atoms with Gasteiger partial charge in [-0.2, -0.15) is 4.31 Å². The fraction of sp³-hybridized carbons (Fsp3) is 0.345. The minimum atomic E-state index is -4.76. The van der Waals surface area contributed by atoms with Crippen LogP contribution in [0.3, 0.4) is 0 Å². The Morgan fingerprint density at radius 3 is 1.97 bits per heavy atom. The summed E-state index contributed by atoms with van der Waals surface area (Å²) in [5.41, 5.74) is 6.81. The molecule has 0 spiro atoms. The molecule has 1 aromatic heterocycles. The zero-order valence-corrected chi connectivity index (χ0v) is 67.6. The van der Waals surface area contributed by atoms with Crippen molar-refractivity contribution in [1.82, 2.24) is 49.6 Å². The highest BCUT2D eigenvalue weighted by Gasteiger charge is 2.37. The summed E-state index contributed by atoms with van der Waals surface area (Å²) in [6.45, 7) is 15.8. The summed E-state index contributed by atoms with van der Waals surface area (Å²) >= 11 is 0. The fourth-order valence-electron chi connectivity index (χ4n) is 14.5. The first-order valence-corrected chi connectivity index (χ1v) is 42.2. The Kier molecular flexibility index (Phi) is 28.6. The SMILES string of the molecule is CCN(CC)c1ccc2c(-c3ccccc3C(=O)N3CCN(C(=O)CCC(=O)NCCCCCC(=O)N[C@@H](Cc4ccc(C(=O)c5ccccc5)cc4)C(=O)NCc4cn([C@@H](Cc5ccc(O)cc5)C(O)CN(CC(C)C)S(=O)(=O)c5ccccc5S(=O)(=O)c5ccc([N+](=O)[O-])cc5)nn4)CC3)c3ccc(=[N+](CC)CC)cc-3oc2c1. The molecule has 1 unspecified atom stereocenters. The van der Waals surface area contributed by atoms with Gasteiger partial charge in [-0.1, -0.05) is 123 Å². The summed E-state index contributed by atoms with van der Waals surface area (Å²) in [4.78, 5) is 97.9. The van der Waals surface area contributed by atoms with Gasteiger partial charge in [0.15, 0.2) is 5.78 Å². The number of anilines is 1. The molecule has 29 heteroatoms. The maximum Gasteiger partial charge on any atom is 0.269 e.